The van der Waals surface area contributed by atoms with E-state index in [-0.39, 0.29) is 6.10 Å². The lowest BCUT2D eigenvalue weighted by Gasteiger charge is -2.26. The quantitative estimate of drug-likeness (QED) is 0.382. The number of sulfonamides is 1. The third kappa shape index (κ3) is 8.02. The third-order valence-electron chi connectivity index (χ3n) is 4.78. The van der Waals surface area contributed by atoms with Gasteiger partial charge in [-0.25, -0.2) is 18.1 Å². The first-order chi connectivity index (χ1) is 14.1. The van der Waals surface area contributed by atoms with Gasteiger partial charge in [0.1, 0.15) is 0 Å². The number of nitrogens with zero attached hydrogens (tertiary/aromatic N) is 1. The summed E-state index contributed by atoms with van der Waals surface area (Å²) in [5.74, 6) is 2.08. The standard InChI is InChI=1S/C21H36N4O4S/c1-6-22-20(24-15-21(2,3)25-30(5,26)27)23-14-16-10-9-13-18(28-4)19(16)29-17-11-7-8-12-17/h9-10,13,17,25H,6-8,11-12,14-15H2,1-5H3,(H2,22,23,24). The van der Waals surface area contributed by atoms with Crippen molar-refractivity contribution in [3.63, 3.8) is 0 Å². The Balaban J connectivity index is 2.13. The third-order valence-corrected chi connectivity index (χ3v) is 5.70. The highest BCUT2D eigenvalue weighted by molar-refractivity contribution is 7.88. The van der Waals surface area contributed by atoms with Gasteiger partial charge < -0.3 is 20.1 Å². The molecule has 1 aliphatic rings. The van der Waals surface area contributed by atoms with Gasteiger partial charge >= 0.3 is 0 Å². The van der Waals surface area contributed by atoms with Gasteiger partial charge in [0.15, 0.2) is 17.5 Å². The summed E-state index contributed by atoms with van der Waals surface area (Å²) in [6, 6.07) is 5.83. The van der Waals surface area contributed by atoms with Gasteiger partial charge in [0.2, 0.25) is 10.0 Å². The number of hydrogen-bond donors (Lipinski definition) is 3. The topological polar surface area (TPSA) is 101 Å². The molecule has 30 heavy (non-hydrogen) atoms. The van der Waals surface area contributed by atoms with Crippen LogP contribution < -0.4 is 24.8 Å². The van der Waals surface area contributed by atoms with E-state index < -0.39 is 15.6 Å². The number of hydrogen-bond acceptors (Lipinski definition) is 5. The first-order valence-corrected chi connectivity index (χ1v) is 12.4. The molecule has 0 saturated heterocycles. The summed E-state index contributed by atoms with van der Waals surface area (Å²) in [5, 5.41) is 6.41. The normalized spacial score (nSPS) is 15.8. The lowest BCUT2D eigenvalue weighted by Crippen LogP contribution is -2.53. The molecule has 1 aromatic rings. The second-order valence-electron chi connectivity index (χ2n) is 8.28. The molecule has 2 rings (SSSR count). The average Bonchev–Trinajstić information content (AvgIpc) is 3.16. The Bertz CT molecular complexity index is 818. The Labute approximate surface area is 180 Å². The number of ether oxygens (including phenoxy) is 2. The van der Waals surface area contributed by atoms with Crippen LogP contribution in [0.3, 0.4) is 0 Å². The molecule has 1 fully saturated rings. The number of rotatable bonds is 10. The highest BCUT2D eigenvalue weighted by atomic mass is 32.2. The second-order valence-corrected chi connectivity index (χ2v) is 10.0. The molecule has 0 bridgehead atoms. The minimum atomic E-state index is -3.30. The van der Waals surface area contributed by atoms with E-state index in [9.17, 15) is 8.42 Å². The lowest BCUT2D eigenvalue weighted by atomic mass is 10.1. The monoisotopic (exact) mass is 440 g/mol. The van der Waals surface area contributed by atoms with Crippen molar-refractivity contribution in [2.45, 2.75) is 64.6 Å². The molecule has 0 atom stereocenters. The zero-order valence-electron chi connectivity index (χ0n) is 18.7. The van der Waals surface area contributed by atoms with Gasteiger partial charge in [-0.2, -0.15) is 0 Å². The van der Waals surface area contributed by atoms with Crippen molar-refractivity contribution in [1.29, 1.82) is 0 Å². The van der Waals surface area contributed by atoms with Crippen molar-refractivity contribution < 1.29 is 17.9 Å². The summed E-state index contributed by atoms with van der Waals surface area (Å²) in [6.45, 7) is 7.11. The summed E-state index contributed by atoms with van der Waals surface area (Å²) in [7, 11) is -1.66. The van der Waals surface area contributed by atoms with E-state index in [2.05, 4.69) is 20.3 Å². The number of nitrogens with one attached hydrogen (secondary N) is 3. The van der Waals surface area contributed by atoms with Gasteiger partial charge in [-0.3, -0.25) is 0 Å². The molecule has 3 N–H and O–H groups in total. The minimum absolute atomic E-state index is 0.221. The summed E-state index contributed by atoms with van der Waals surface area (Å²) < 4.78 is 37.5. The van der Waals surface area contributed by atoms with Crippen molar-refractivity contribution in [2.75, 3.05) is 26.5 Å². The van der Waals surface area contributed by atoms with Crippen LogP contribution >= 0.6 is 0 Å². The summed E-state index contributed by atoms with van der Waals surface area (Å²) in [4.78, 5) is 4.68. The fraction of sp³-hybridized carbons (Fsp3) is 0.667. The number of benzene rings is 1. The van der Waals surface area contributed by atoms with E-state index >= 15 is 0 Å². The van der Waals surface area contributed by atoms with E-state index in [1.807, 2.05) is 39.0 Å². The fourth-order valence-corrected chi connectivity index (χ4v) is 4.58. The van der Waals surface area contributed by atoms with Crippen LogP contribution in [-0.4, -0.2) is 52.5 Å². The van der Waals surface area contributed by atoms with Crippen LogP contribution in [0.1, 0.15) is 52.0 Å². The Morgan fingerprint density at radius 2 is 1.93 bits per heavy atom. The van der Waals surface area contributed by atoms with Crippen molar-refractivity contribution in [1.82, 2.24) is 15.4 Å². The van der Waals surface area contributed by atoms with Crippen molar-refractivity contribution in [2.24, 2.45) is 4.99 Å². The van der Waals surface area contributed by atoms with Crippen LogP contribution in [0.5, 0.6) is 11.5 Å². The highest BCUT2D eigenvalue weighted by Crippen LogP contribution is 2.35. The second kappa shape index (κ2) is 10.9. The van der Waals surface area contributed by atoms with Crippen LogP contribution in [0.4, 0.5) is 0 Å². The Morgan fingerprint density at radius 3 is 2.53 bits per heavy atom. The maximum absolute atomic E-state index is 11.6. The van der Waals surface area contributed by atoms with E-state index in [0.29, 0.717) is 31.3 Å². The zero-order valence-corrected chi connectivity index (χ0v) is 19.6. The summed E-state index contributed by atoms with van der Waals surface area (Å²) >= 11 is 0. The van der Waals surface area contributed by atoms with E-state index in [4.69, 9.17) is 9.47 Å². The molecule has 9 heteroatoms. The zero-order chi connectivity index (χ0) is 22.2. The van der Waals surface area contributed by atoms with Crippen LogP contribution in [0.2, 0.25) is 0 Å². The Morgan fingerprint density at radius 1 is 1.23 bits per heavy atom. The minimum Gasteiger partial charge on any atom is -0.493 e. The molecule has 1 aromatic carbocycles. The molecular weight excluding hydrogens is 404 g/mol. The number of aliphatic imine (C=N–C) groups is 1. The van der Waals surface area contributed by atoms with Gasteiger partial charge in [-0.15, -0.1) is 0 Å². The molecule has 0 aromatic heterocycles. The first-order valence-electron chi connectivity index (χ1n) is 10.5. The van der Waals surface area contributed by atoms with Crippen molar-refractivity contribution in [3.8, 4) is 11.5 Å². The van der Waals surface area contributed by atoms with E-state index in [1.165, 1.54) is 12.8 Å². The van der Waals surface area contributed by atoms with Crippen LogP contribution in [0.15, 0.2) is 23.2 Å². The molecule has 0 spiro atoms. The predicted molar refractivity (Wildman–Crippen MR) is 121 cm³/mol. The number of methoxy groups -OCH3 is 1. The molecule has 0 aliphatic heterocycles. The molecular formula is C21H36N4O4S. The summed E-state index contributed by atoms with van der Waals surface area (Å²) in [5.41, 5.74) is 0.295. The predicted octanol–water partition coefficient (Wildman–Crippen LogP) is 2.40. The SMILES string of the molecule is CCNC(=NCc1cccc(OC)c1OC1CCCC1)NCC(C)(C)NS(C)(=O)=O. The first kappa shape index (κ1) is 24.3. The molecule has 8 nitrogen and oxygen atoms in total. The highest BCUT2D eigenvalue weighted by Gasteiger charge is 2.23. The lowest BCUT2D eigenvalue weighted by molar-refractivity contribution is 0.198. The molecule has 1 aliphatic carbocycles. The fourth-order valence-electron chi connectivity index (χ4n) is 3.50. The smallest absolute Gasteiger partial charge is 0.209 e. The molecule has 1 saturated carbocycles. The number of guanidine groups is 1. The van der Waals surface area contributed by atoms with Crippen LogP contribution in [-0.2, 0) is 16.6 Å². The number of para-hydroxylation sites is 1. The molecule has 0 unspecified atom stereocenters. The molecule has 0 amide bonds. The van der Waals surface area contributed by atoms with Gasteiger partial charge in [-0.05, 0) is 52.5 Å². The Kier molecular flexibility index (Phi) is 8.78. The maximum atomic E-state index is 11.6. The van der Waals surface area contributed by atoms with E-state index in [1.54, 1.807) is 7.11 Å². The summed E-state index contributed by atoms with van der Waals surface area (Å²) in [6.07, 6.45) is 5.89. The Hall–Kier alpha value is -2.00. The van der Waals surface area contributed by atoms with Crippen LogP contribution in [0, 0.1) is 0 Å². The van der Waals surface area contributed by atoms with Gasteiger partial charge in [0, 0.05) is 24.2 Å². The van der Waals surface area contributed by atoms with Gasteiger partial charge in [-0.1, -0.05) is 12.1 Å². The molecule has 170 valence electrons. The molecule has 0 heterocycles. The maximum Gasteiger partial charge on any atom is 0.209 e. The van der Waals surface area contributed by atoms with Gasteiger partial charge in [0.05, 0.1) is 26.0 Å². The largest absolute Gasteiger partial charge is 0.493 e. The van der Waals surface area contributed by atoms with E-state index in [0.717, 1.165) is 30.4 Å². The van der Waals surface area contributed by atoms with Crippen molar-refractivity contribution >= 4 is 16.0 Å². The van der Waals surface area contributed by atoms with Crippen molar-refractivity contribution in [3.05, 3.63) is 23.8 Å². The van der Waals surface area contributed by atoms with Crippen LogP contribution in [0.25, 0.3) is 0 Å². The molecule has 0 radical (unpaired) electrons. The van der Waals surface area contributed by atoms with Gasteiger partial charge in [0.25, 0.3) is 0 Å². The average molecular weight is 441 g/mol.